The first kappa shape index (κ1) is 29.3. The Labute approximate surface area is 179 Å². The van der Waals surface area contributed by atoms with Gasteiger partial charge in [0.15, 0.2) is 8.32 Å². The minimum absolute atomic E-state index is 0. The monoisotopic (exact) mass is 468 g/mol. The van der Waals surface area contributed by atoms with E-state index in [0.717, 1.165) is 11.1 Å². The Morgan fingerprint density at radius 3 is 1.31 bits per heavy atom. The van der Waals surface area contributed by atoms with Crippen LogP contribution in [-0.4, -0.2) is 40.1 Å². The predicted octanol–water partition coefficient (Wildman–Crippen LogP) is 5.21. The molecule has 0 unspecified atom stereocenters. The second kappa shape index (κ2) is 15.9. The Bertz CT molecular complexity index is 293. The highest BCUT2D eigenvalue weighted by Crippen LogP contribution is 2.61. The molecule has 0 fully saturated rings. The number of unbranched alkanes of at least 4 members (excludes halogenated alkanes) is 3. The zero-order valence-corrected chi connectivity index (χ0v) is 22.9. The predicted molar refractivity (Wildman–Crippen MR) is 123 cm³/mol. The Morgan fingerprint density at radius 1 is 0.692 bits per heavy atom. The third-order valence-electron chi connectivity index (χ3n) is 6.49. The Hall–Kier alpha value is 1.09. The molecule has 0 radical (unpaired) electrons. The maximum atomic E-state index is 6.27. The van der Waals surface area contributed by atoms with E-state index in [1.165, 1.54) is 51.0 Å². The first-order valence-electron chi connectivity index (χ1n) is 11.2. The molecule has 0 heterocycles. The van der Waals surface area contributed by atoms with Crippen LogP contribution in [0.5, 0.6) is 0 Å². The molecule has 0 aliphatic carbocycles. The van der Waals surface area contributed by atoms with E-state index in [2.05, 4.69) is 48.5 Å². The van der Waals surface area contributed by atoms with Crippen molar-refractivity contribution in [2.24, 2.45) is 0 Å². The lowest BCUT2D eigenvalue weighted by Crippen LogP contribution is -3.00. The molecule has 0 atom stereocenters. The first-order valence-corrected chi connectivity index (χ1v) is 16.0. The van der Waals surface area contributed by atoms with Crippen LogP contribution in [-0.2, 0) is 4.43 Å². The molecule has 1 nitrogen and oxygen atoms in total. The zero-order valence-electron chi connectivity index (χ0n) is 19.4. The molecular formula is C22H50BrOPSi. The van der Waals surface area contributed by atoms with E-state index in [1.54, 1.807) is 24.6 Å². The van der Waals surface area contributed by atoms with Gasteiger partial charge in [-0.3, -0.25) is 0 Å². The third kappa shape index (κ3) is 9.53. The second-order valence-electron chi connectivity index (χ2n) is 8.87. The molecule has 0 spiro atoms. The van der Waals surface area contributed by atoms with Crippen LogP contribution in [0.4, 0.5) is 0 Å². The van der Waals surface area contributed by atoms with E-state index >= 15 is 0 Å². The maximum Gasteiger partial charge on any atom is 0.197 e. The maximum absolute atomic E-state index is 6.27. The topological polar surface area (TPSA) is 9.23 Å². The van der Waals surface area contributed by atoms with Crippen LogP contribution in [0.2, 0.25) is 17.1 Å². The number of hydrogen-bond acceptors (Lipinski definition) is 1. The SMILES string of the molecule is CCCC[P+](CCCC)(CCCC)CCC[Si](OC)(C(C)C)C(C)C.[Br-]. The van der Waals surface area contributed by atoms with Crippen LogP contribution in [0, 0.1) is 0 Å². The first-order chi connectivity index (χ1) is 11.8. The largest absolute Gasteiger partial charge is 1.00 e. The van der Waals surface area contributed by atoms with Gasteiger partial charge in [-0.05, 0) is 42.8 Å². The normalized spacial score (nSPS) is 12.7. The van der Waals surface area contributed by atoms with Crippen LogP contribution in [0.1, 0.15) is 93.4 Å². The molecule has 26 heavy (non-hydrogen) atoms. The zero-order chi connectivity index (χ0) is 19.3. The quantitative estimate of drug-likeness (QED) is 0.223. The summed E-state index contributed by atoms with van der Waals surface area (Å²) in [6, 6.07) is 1.38. The summed E-state index contributed by atoms with van der Waals surface area (Å²) >= 11 is 0. The minimum Gasteiger partial charge on any atom is -1.00 e. The van der Waals surface area contributed by atoms with Crippen molar-refractivity contribution in [3.63, 3.8) is 0 Å². The third-order valence-corrected chi connectivity index (χ3v) is 17.4. The van der Waals surface area contributed by atoms with Crippen LogP contribution >= 0.6 is 7.26 Å². The fourth-order valence-electron chi connectivity index (χ4n) is 4.66. The van der Waals surface area contributed by atoms with Crippen LogP contribution in [0.25, 0.3) is 0 Å². The highest BCUT2D eigenvalue weighted by molar-refractivity contribution is 7.75. The van der Waals surface area contributed by atoms with Gasteiger partial charge in [0.25, 0.3) is 0 Å². The van der Waals surface area contributed by atoms with Gasteiger partial charge >= 0.3 is 0 Å². The molecule has 0 aliphatic rings. The molecule has 0 aromatic heterocycles. The number of rotatable bonds is 16. The molecule has 0 bridgehead atoms. The van der Waals surface area contributed by atoms with E-state index in [4.69, 9.17) is 4.43 Å². The molecule has 0 N–H and O–H groups in total. The highest BCUT2D eigenvalue weighted by Gasteiger charge is 2.42. The van der Waals surface area contributed by atoms with Gasteiger partial charge in [0, 0.05) is 14.4 Å². The van der Waals surface area contributed by atoms with Crippen molar-refractivity contribution < 1.29 is 21.4 Å². The summed E-state index contributed by atoms with van der Waals surface area (Å²) in [6.45, 7) is 16.7. The lowest BCUT2D eigenvalue weighted by molar-refractivity contribution is -0.00000639. The van der Waals surface area contributed by atoms with E-state index in [0.29, 0.717) is 0 Å². The summed E-state index contributed by atoms with van der Waals surface area (Å²) in [6.07, 6.45) is 16.2. The van der Waals surface area contributed by atoms with E-state index in [1.807, 2.05) is 7.11 Å². The molecule has 0 saturated carbocycles. The Balaban J connectivity index is 0. The average Bonchev–Trinajstić information content (AvgIpc) is 2.59. The number of hydrogen-bond donors (Lipinski definition) is 0. The number of halogens is 1. The Kier molecular flexibility index (Phi) is 18.0. The average molecular weight is 470 g/mol. The van der Waals surface area contributed by atoms with Crippen LogP contribution in [0.15, 0.2) is 0 Å². The molecule has 4 heteroatoms. The molecular weight excluding hydrogens is 419 g/mol. The molecule has 0 rings (SSSR count). The Morgan fingerprint density at radius 2 is 1.04 bits per heavy atom. The van der Waals surface area contributed by atoms with Crippen molar-refractivity contribution in [1.29, 1.82) is 0 Å². The lowest BCUT2D eigenvalue weighted by Gasteiger charge is -2.38. The summed E-state index contributed by atoms with van der Waals surface area (Å²) < 4.78 is 6.27. The van der Waals surface area contributed by atoms with Crippen LogP contribution < -0.4 is 17.0 Å². The molecule has 0 saturated heterocycles. The van der Waals surface area contributed by atoms with Gasteiger partial charge in [0.1, 0.15) is 0 Å². The van der Waals surface area contributed by atoms with Crippen molar-refractivity contribution in [3.05, 3.63) is 0 Å². The van der Waals surface area contributed by atoms with E-state index in [-0.39, 0.29) is 17.0 Å². The van der Waals surface area contributed by atoms with Crippen molar-refractivity contribution in [2.75, 3.05) is 31.8 Å². The van der Waals surface area contributed by atoms with Gasteiger partial charge < -0.3 is 21.4 Å². The summed E-state index contributed by atoms with van der Waals surface area (Å²) in [4.78, 5) is 0. The molecule has 0 aliphatic heterocycles. The van der Waals surface area contributed by atoms with E-state index < -0.39 is 15.6 Å². The van der Waals surface area contributed by atoms with Crippen molar-refractivity contribution >= 4 is 15.6 Å². The summed E-state index contributed by atoms with van der Waals surface area (Å²) in [5, 5.41) is 0. The van der Waals surface area contributed by atoms with Gasteiger partial charge in [-0.1, -0.05) is 67.7 Å². The van der Waals surface area contributed by atoms with Crippen molar-refractivity contribution in [2.45, 2.75) is 111 Å². The molecule has 0 amide bonds. The fourth-order valence-corrected chi connectivity index (χ4v) is 14.5. The fraction of sp³-hybridized carbons (Fsp3) is 1.00. The minimum atomic E-state index is -1.60. The molecule has 0 aromatic carbocycles. The molecule has 0 aromatic rings. The van der Waals surface area contributed by atoms with Gasteiger partial charge in [-0.2, -0.15) is 0 Å². The standard InChI is InChI=1S/C22H50OPSi.BrH/c1-9-12-16-24(17-13-10-2,18-14-11-3)19-15-20-25(23-8,21(4)5)22(6)7;/h21-22H,9-20H2,1-8H3;1H/q+1;/p-1. The second-order valence-corrected chi connectivity index (χ2v) is 18.5. The van der Waals surface area contributed by atoms with Gasteiger partial charge in [-0.15, -0.1) is 0 Å². The summed E-state index contributed by atoms with van der Waals surface area (Å²) in [5.41, 5.74) is 1.46. The summed E-state index contributed by atoms with van der Waals surface area (Å²) in [5.74, 6) is 0. The lowest BCUT2D eigenvalue weighted by atomic mass is 10.4. The van der Waals surface area contributed by atoms with Crippen molar-refractivity contribution in [3.8, 4) is 0 Å². The van der Waals surface area contributed by atoms with Gasteiger partial charge in [0.2, 0.25) is 0 Å². The summed E-state index contributed by atoms with van der Waals surface area (Å²) in [7, 11) is -0.336. The van der Waals surface area contributed by atoms with Crippen molar-refractivity contribution in [1.82, 2.24) is 0 Å². The van der Waals surface area contributed by atoms with E-state index in [9.17, 15) is 0 Å². The van der Waals surface area contributed by atoms with Gasteiger partial charge in [-0.25, -0.2) is 0 Å². The highest BCUT2D eigenvalue weighted by atomic mass is 79.9. The smallest absolute Gasteiger partial charge is 0.197 e. The molecule has 160 valence electrons. The van der Waals surface area contributed by atoms with Crippen LogP contribution in [0.3, 0.4) is 0 Å². The van der Waals surface area contributed by atoms with Gasteiger partial charge in [0.05, 0.1) is 24.6 Å².